The van der Waals surface area contributed by atoms with E-state index in [2.05, 4.69) is 20.5 Å². The van der Waals surface area contributed by atoms with Crippen LogP contribution in [0.4, 0.5) is 5.69 Å². The third-order valence-corrected chi connectivity index (χ3v) is 2.68. The van der Waals surface area contributed by atoms with Crippen LogP contribution in [0, 0.1) is 29.6 Å². The van der Waals surface area contributed by atoms with Gasteiger partial charge in [-0.2, -0.15) is 15.6 Å². The lowest BCUT2D eigenvalue weighted by Gasteiger charge is -2.10. The summed E-state index contributed by atoms with van der Waals surface area (Å²) >= 11 is 0. The van der Waals surface area contributed by atoms with Crippen molar-refractivity contribution in [2.45, 2.75) is 13.5 Å². The second kappa shape index (κ2) is 7.36. The monoisotopic (exact) mass is 292 g/mol. The van der Waals surface area contributed by atoms with Gasteiger partial charge in [0.25, 0.3) is 0 Å². The molecular weight excluding hydrogens is 280 g/mol. The van der Waals surface area contributed by atoms with Crippen LogP contribution < -0.4 is 10.2 Å². The minimum atomic E-state index is -0.236. The molecule has 0 saturated heterocycles. The molecule has 0 amide bonds. The summed E-state index contributed by atoms with van der Waals surface area (Å²) < 4.78 is 5.67. The lowest BCUT2D eigenvalue weighted by molar-refractivity contribution is 0.299. The highest BCUT2D eigenvalue weighted by Crippen LogP contribution is 2.22. The van der Waals surface area contributed by atoms with Crippen LogP contribution in [0.25, 0.3) is 0 Å². The Labute approximate surface area is 127 Å². The van der Waals surface area contributed by atoms with E-state index in [4.69, 9.17) is 15.3 Å². The van der Waals surface area contributed by atoms with Crippen LogP contribution >= 0.6 is 0 Å². The number of hydrazone groups is 1. The van der Waals surface area contributed by atoms with E-state index in [1.807, 2.05) is 13.0 Å². The summed E-state index contributed by atoms with van der Waals surface area (Å²) in [6, 6.07) is 8.68. The molecule has 0 spiro atoms. The molecule has 0 bridgehead atoms. The van der Waals surface area contributed by atoms with Crippen molar-refractivity contribution in [3.8, 4) is 17.9 Å². The standard InChI is InChI=1S/C15H12N6O/c1-11-6-12(20-21-13(7-16)8-17)2-3-15(11)22-10-14-9-18-4-5-19-14/h2-6,9,20H,10H2,1H3. The average molecular weight is 292 g/mol. The maximum Gasteiger partial charge on any atom is 0.237 e. The van der Waals surface area contributed by atoms with Crippen LogP contribution in [-0.4, -0.2) is 15.7 Å². The molecule has 1 aromatic carbocycles. The molecule has 1 heterocycles. The fourth-order valence-electron chi connectivity index (χ4n) is 1.63. The fourth-order valence-corrected chi connectivity index (χ4v) is 1.63. The van der Waals surface area contributed by atoms with Crippen molar-refractivity contribution >= 4 is 11.4 Å². The Morgan fingerprint density at radius 2 is 2.14 bits per heavy atom. The number of anilines is 1. The summed E-state index contributed by atoms with van der Waals surface area (Å²) in [7, 11) is 0. The molecule has 7 nitrogen and oxygen atoms in total. The SMILES string of the molecule is Cc1cc(NN=C(C#N)C#N)ccc1OCc1cnccn1. The molecule has 0 saturated carbocycles. The van der Waals surface area contributed by atoms with E-state index in [0.717, 1.165) is 11.3 Å². The molecule has 0 radical (unpaired) electrons. The van der Waals surface area contributed by atoms with Gasteiger partial charge in [-0.3, -0.25) is 15.4 Å². The maximum absolute atomic E-state index is 8.61. The van der Waals surface area contributed by atoms with Gasteiger partial charge in [-0.25, -0.2) is 0 Å². The lowest BCUT2D eigenvalue weighted by Crippen LogP contribution is -2.00. The van der Waals surface area contributed by atoms with Gasteiger partial charge in [0, 0.05) is 12.4 Å². The zero-order valence-electron chi connectivity index (χ0n) is 11.8. The molecule has 0 atom stereocenters. The summed E-state index contributed by atoms with van der Waals surface area (Å²) in [6.45, 7) is 2.21. The van der Waals surface area contributed by atoms with E-state index in [1.54, 1.807) is 42.9 Å². The van der Waals surface area contributed by atoms with Crippen LogP contribution in [-0.2, 0) is 6.61 Å². The first-order valence-corrected chi connectivity index (χ1v) is 6.35. The number of hydrogen-bond acceptors (Lipinski definition) is 7. The van der Waals surface area contributed by atoms with E-state index in [-0.39, 0.29) is 5.71 Å². The molecule has 108 valence electrons. The third-order valence-electron chi connectivity index (χ3n) is 2.68. The Kier molecular flexibility index (Phi) is 5.00. The number of benzene rings is 1. The first kappa shape index (κ1) is 14.9. The molecule has 1 aromatic heterocycles. The number of ether oxygens (including phenoxy) is 1. The smallest absolute Gasteiger partial charge is 0.237 e. The Bertz CT molecular complexity index is 742. The minimum Gasteiger partial charge on any atom is -0.487 e. The number of hydrogen-bond donors (Lipinski definition) is 1. The molecule has 7 heteroatoms. The van der Waals surface area contributed by atoms with Gasteiger partial charge in [-0.05, 0) is 30.7 Å². The van der Waals surface area contributed by atoms with Gasteiger partial charge in [0.1, 0.15) is 24.5 Å². The molecule has 22 heavy (non-hydrogen) atoms. The number of aryl methyl sites for hydroxylation is 1. The molecule has 0 aliphatic rings. The summed E-state index contributed by atoms with van der Waals surface area (Å²) in [5, 5.41) is 20.9. The van der Waals surface area contributed by atoms with E-state index >= 15 is 0 Å². The van der Waals surface area contributed by atoms with Crippen molar-refractivity contribution in [2.24, 2.45) is 5.10 Å². The number of nitriles is 2. The van der Waals surface area contributed by atoms with Crippen molar-refractivity contribution in [2.75, 3.05) is 5.43 Å². The minimum absolute atomic E-state index is 0.236. The predicted octanol–water partition coefficient (Wildman–Crippen LogP) is 2.18. The Balaban J connectivity index is 2.03. The molecule has 2 aromatic rings. The quantitative estimate of drug-likeness (QED) is 0.668. The van der Waals surface area contributed by atoms with Crippen molar-refractivity contribution in [3.63, 3.8) is 0 Å². The number of nitrogens with one attached hydrogen (secondary N) is 1. The molecule has 0 aliphatic heterocycles. The number of nitrogens with zero attached hydrogens (tertiary/aromatic N) is 5. The van der Waals surface area contributed by atoms with Gasteiger partial charge in [0.2, 0.25) is 5.71 Å². The van der Waals surface area contributed by atoms with Crippen molar-refractivity contribution < 1.29 is 4.74 Å². The van der Waals surface area contributed by atoms with Gasteiger partial charge in [-0.1, -0.05) is 0 Å². The van der Waals surface area contributed by atoms with E-state index < -0.39 is 0 Å². The highest BCUT2D eigenvalue weighted by molar-refractivity contribution is 6.10. The molecule has 2 rings (SSSR count). The average Bonchev–Trinajstić information content (AvgIpc) is 2.56. The zero-order chi connectivity index (χ0) is 15.8. The highest BCUT2D eigenvalue weighted by Gasteiger charge is 2.03. The first-order valence-electron chi connectivity index (χ1n) is 6.35. The van der Waals surface area contributed by atoms with Crippen molar-refractivity contribution in [1.29, 1.82) is 10.5 Å². The van der Waals surface area contributed by atoms with Gasteiger partial charge < -0.3 is 4.74 Å². The van der Waals surface area contributed by atoms with Crippen LogP contribution in [0.1, 0.15) is 11.3 Å². The summed E-state index contributed by atoms with van der Waals surface area (Å²) in [5.74, 6) is 0.709. The Morgan fingerprint density at radius 3 is 2.77 bits per heavy atom. The van der Waals surface area contributed by atoms with E-state index in [0.29, 0.717) is 18.0 Å². The fraction of sp³-hybridized carbons (Fsp3) is 0.133. The molecular formula is C15H12N6O. The molecule has 0 unspecified atom stereocenters. The maximum atomic E-state index is 8.61. The lowest BCUT2D eigenvalue weighted by atomic mass is 10.2. The van der Waals surface area contributed by atoms with Crippen LogP contribution in [0.3, 0.4) is 0 Å². The molecule has 1 N–H and O–H groups in total. The number of aromatic nitrogens is 2. The molecule has 0 aliphatic carbocycles. The van der Waals surface area contributed by atoms with Gasteiger partial charge >= 0.3 is 0 Å². The topological polar surface area (TPSA) is 107 Å². The zero-order valence-corrected chi connectivity index (χ0v) is 11.8. The number of rotatable bonds is 5. The summed E-state index contributed by atoms with van der Waals surface area (Å²) in [6.07, 6.45) is 4.86. The molecule has 0 fully saturated rings. The van der Waals surface area contributed by atoms with Crippen molar-refractivity contribution in [3.05, 3.63) is 48.0 Å². The Hall–Kier alpha value is -3.45. The van der Waals surface area contributed by atoms with E-state index in [1.165, 1.54) is 0 Å². The second-order valence-electron chi connectivity index (χ2n) is 4.26. The van der Waals surface area contributed by atoms with Gasteiger partial charge in [0.15, 0.2) is 0 Å². The second-order valence-corrected chi connectivity index (χ2v) is 4.26. The van der Waals surface area contributed by atoms with Crippen LogP contribution in [0.15, 0.2) is 41.9 Å². The normalized spacial score (nSPS) is 9.23. The largest absolute Gasteiger partial charge is 0.487 e. The van der Waals surface area contributed by atoms with Crippen LogP contribution in [0.5, 0.6) is 5.75 Å². The Morgan fingerprint density at radius 1 is 1.32 bits per heavy atom. The van der Waals surface area contributed by atoms with E-state index in [9.17, 15) is 0 Å². The van der Waals surface area contributed by atoms with Crippen molar-refractivity contribution in [1.82, 2.24) is 9.97 Å². The van der Waals surface area contributed by atoms with Gasteiger partial charge in [-0.15, -0.1) is 0 Å². The summed E-state index contributed by atoms with van der Waals surface area (Å²) in [5.41, 5.74) is 4.70. The first-order chi connectivity index (χ1) is 10.7. The third kappa shape index (κ3) is 4.02. The highest BCUT2D eigenvalue weighted by atomic mass is 16.5. The predicted molar refractivity (Wildman–Crippen MR) is 79.8 cm³/mol. The van der Waals surface area contributed by atoms with Crippen LogP contribution in [0.2, 0.25) is 0 Å². The summed E-state index contributed by atoms with van der Waals surface area (Å²) in [4.78, 5) is 8.10. The van der Waals surface area contributed by atoms with Gasteiger partial charge in [0.05, 0.1) is 17.6 Å².